The summed E-state index contributed by atoms with van der Waals surface area (Å²) in [7, 11) is 0. The standard InChI is InChI=1S/C22H28BN3O5/c24-15-23-11-10-20(22(29)30)26(23)21(28)19(12-17-6-4-5-7-17)13-25(16-27)31-14-18-8-2-1-3-9-18/h1-3,8-9,16-17,19-20H,4-7,10-14H2,(H,29,30). The minimum absolute atomic E-state index is 0.0344. The third-order valence-corrected chi connectivity index (χ3v) is 6.27. The van der Waals surface area contributed by atoms with Crippen molar-refractivity contribution in [2.45, 2.75) is 57.5 Å². The lowest BCUT2D eigenvalue weighted by atomic mass is 9.61. The largest absolute Gasteiger partial charge is 0.480 e. The van der Waals surface area contributed by atoms with Crippen LogP contribution in [-0.4, -0.2) is 52.7 Å². The molecule has 1 heterocycles. The van der Waals surface area contributed by atoms with Crippen LogP contribution >= 0.6 is 0 Å². The summed E-state index contributed by atoms with van der Waals surface area (Å²) in [6, 6.07) is 8.39. The molecule has 2 unspecified atom stereocenters. The summed E-state index contributed by atoms with van der Waals surface area (Å²) >= 11 is 0. The van der Waals surface area contributed by atoms with Gasteiger partial charge in [-0.3, -0.25) is 19.2 Å². The summed E-state index contributed by atoms with van der Waals surface area (Å²) in [5, 5.41) is 20.1. The molecular weight excluding hydrogens is 397 g/mol. The van der Waals surface area contributed by atoms with E-state index in [2.05, 4.69) is 5.97 Å². The Kier molecular flexibility index (Phi) is 8.07. The fourth-order valence-electron chi connectivity index (χ4n) is 4.68. The molecule has 1 saturated carbocycles. The zero-order valence-electron chi connectivity index (χ0n) is 17.6. The molecule has 0 spiro atoms. The summed E-state index contributed by atoms with van der Waals surface area (Å²) in [6.45, 7) is -0.534. The number of aliphatic carboxylic acids is 1. The van der Waals surface area contributed by atoms with Crippen LogP contribution in [0.5, 0.6) is 0 Å². The van der Waals surface area contributed by atoms with Gasteiger partial charge in [0.25, 0.3) is 0 Å². The van der Waals surface area contributed by atoms with Crippen molar-refractivity contribution < 1.29 is 24.3 Å². The van der Waals surface area contributed by atoms with Crippen LogP contribution in [-0.2, 0) is 25.8 Å². The first kappa shape index (κ1) is 22.8. The maximum absolute atomic E-state index is 13.5. The molecule has 164 valence electrons. The lowest BCUT2D eigenvalue weighted by molar-refractivity contribution is -0.183. The van der Waals surface area contributed by atoms with Crippen LogP contribution in [0.15, 0.2) is 30.3 Å². The van der Waals surface area contributed by atoms with E-state index in [9.17, 15) is 24.8 Å². The number of benzene rings is 1. The van der Waals surface area contributed by atoms with Gasteiger partial charge in [0.1, 0.15) is 12.6 Å². The first-order chi connectivity index (χ1) is 15.0. The van der Waals surface area contributed by atoms with Crippen molar-refractivity contribution in [1.82, 2.24) is 9.87 Å². The Labute approximate surface area is 182 Å². The number of amides is 2. The van der Waals surface area contributed by atoms with Gasteiger partial charge in [0.2, 0.25) is 12.3 Å². The zero-order chi connectivity index (χ0) is 22.2. The maximum atomic E-state index is 13.5. The molecule has 1 aromatic carbocycles. The van der Waals surface area contributed by atoms with Crippen LogP contribution in [0.2, 0.25) is 6.32 Å². The second-order valence-corrected chi connectivity index (χ2v) is 8.37. The average molecular weight is 425 g/mol. The van der Waals surface area contributed by atoms with Crippen molar-refractivity contribution in [2.75, 3.05) is 6.54 Å². The summed E-state index contributed by atoms with van der Waals surface area (Å²) in [4.78, 5) is 43.7. The lowest BCUT2D eigenvalue weighted by Gasteiger charge is -2.31. The Morgan fingerprint density at radius 3 is 2.61 bits per heavy atom. The van der Waals surface area contributed by atoms with Crippen molar-refractivity contribution >= 4 is 25.1 Å². The van der Waals surface area contributed by atoms with Crippen molar-refractivity contribution in [3.05, 3.63) is 35.9 Å². The van der Waals surface area contributed by atoms with Crippen LogP contribution in [0, 0.1) is 23.1 Å². The van der Waals surface area contributed by atoms with Gasteiger partial charge >= 0.3 is 12.8 Å². The summed E-state index contributed by atoms with van der Waals surface area (Å²) in [5.74, 6) is 0.333. The third kappa shape index (κ3) is 5.85. The Morgan fingerprint density at radius 1 is 1.29 bits per heavy atom. The van der Waals surface area contributed by atoms with E-state index < -0.39 is 24.8 Å². The van der Waals surface area contributed by atoms with Gasteiger partial charge in [-0.05, 0) is 30.6 Å². The number of rotatable bonds is 10. The second kappa shape index (κ2) is 11.0. The Hall–Kier alpha value is -2.86. The minimum Gasteiger partial charge on any atom is -0.480 e. The molecule has 1 aromatic rings. The van der Waals surface area contributed by atoms with Crippen LogP contribution < -0.4 is 0 Å². The van der Waals surface area contributed by atoms with Crippen molar-refractivity contribution in [1.29, 1.82) is 5.26 Å². The molecule has 2 atom stereocenters. The van der Waals surface area contributed by atoms with Gasteiger partial charge < -0.3 is 9.92 Å². The van der Waals surface area contributed by atoms with E-state index in [1.54, 1.807) is 0 Å². The summed E-state index contributed by atoms with van der Waals surface area (Å²) < 4.78 is 0. The van der Waals surface area contributed by atoms with Crippen LogP contribution in [0.1, 0.15) is 44.1 Å². The smallest absolute Gasteiger partial charge is 0.380 e. The molecule has 2 amide bonds. The second-order valence-electron chi connectivity index (χ2n) is 8.37. The molecule has 2 fully saturated rings. The summed E-state index contributed by atoms with van der Waals surface area (Å²) in [6.07, 6.45) is 5.96. The minimum atomic E-state index is -1.10. The van der Waals surface area contributed by atoms with Gasteiger partial charge in [-0.1, -0.05) is 56.0 Å². The Morgan fingerprint density at radius 2 is 2.00 bits per heavy atom. The highest BCUT2D eigenvalue weighted by Gasteiger charge is 2.46. The SMILES string of the molecule is N#CB1CCC(C(=O)O)N1C(=O)C(CC1CCCC1)CN(C=O)OCc1ccccc1. The molecule has 0 radical (unpaired) electrons. The highest BCUT2D eigenvalue weighted by atomic mass is 16.7. The lowest BCUT2D eigenvalue weighted by Crippen LogP contribution is -2.51. The van der Waals surface area contributed by atoms with Gasteiger partial charge in [0.05, 0.1) is 12.5 Å². The highest BCUT2D eigenvalue weighted by molar-refractivity contribution is 6.67. The molecule has 2 aliphatic rings. The molecule has 31 heavy (non-hydrogen) atoms. The van der Waals surface area contributed by atoms with Gasteiger partial charge in [-0.2, -0.15) is 0 Å². The Balaban J connectivity index is 1.74. The van der Waals surface area contributed by atoms with E-state index in [0.717, 1.165) is 36.3 Å². The van der Waals surface area contributed by atoms with Crippen LogP contribution in [0.4, 0.5) is 0 Å². The first-order valence-corrected chi connectivity index (χ1v) is 10.9. The van der Waals surface area contributed by atoms with Crippen LogP contribution in [0.25, 0.3) is 0 Å². The highest BCUT2D eigenvalue weighted by Crippen LogP contribution is 2.33. The number of nitrogens with zero attached hydrogens (tertiary/aromatic N) is 3. The van der Waals surface area contributed by atoms with Gasteiger partial charge in [-0.15, -0.1) is 0 Å². The number of carboxylic acid groups (broad SMARTS) is 1. The quantitative estimate of drug-likeness (QED) is 0.350. The summed E-state index contributed by atoms with van der Waals surface area (Å²) in [5.41, 5.74) is 0.892. The van der Waals surface area contributed by atoms with E-state index in [1.807, 2.05) is 30.3 Å². The number of carbonyl (C=O) groups is 3. The number of nitriles is 1. The average Bonchev–Trinajstić information content (AvgIpc) is 3.45. The van der Waals surface area contributed by atoms with E-state index in [4.69, 9.17) is 4.84 Å². The molecule has 0 bridgehead atoms. The van der Waals surface area contributed by atoms with Gasteiger partial charge in [0.15, 0.2) is 0 Å². The monoisotopic (exact) mass is 425 g/mol. The number of carbonyl (C=O) groups excluding carboxylic acids is 2. The van der Waals surface area contributed by atoms with E-state index in [-0.39, 0.29) is 25.5 Å². The molecule has 1 N–H and O–H groups in total. The number of hydrogen-bond acceptors (Lipinski definition) is 5. The molecule has 8 nitrogen and oxygen atoms in total. The predicted molar refractivity (Wildman–Crippen MR) is 113 cm³/mol. The fraction of sp³-hybridized carbons (Fsp3) is 0.545. The molecule has 1 saturated heterocycles. The fourth-order valence-corrected chi connectivity index (χ4v) is 4.68. The first-order valence-electron chi connectivity index (χ1n) is 10.9. The van der Waals surface area contributed by atoms with E-state index in [1.165, 1.54) is 4.81 Å². The number of carboxylic acids is 1. The van der Waals surface area contributed by atoms with E-state index in [0.29, 0.717) is 25.1 Å². The van der Waals surface area contributed by atoms with Crippen LogP contribution in [0.3, 0.4) is 0 Å². The normalized spacial score (nSPS) is 19.8. The topological polar surface area (TPSA) is 111 Å². The van der Waals surface area contributed by atoms with Crippen molar-refractivity contribution in [2.24, 2.45) is 11.8 Å². The molecule has 1 aliphatic carbocycles. The molecule has 9 heteroatoms. The zero-order valence-corrected chi connectivity index (χ0v) is 17.6. The molecule has 3 rings (SSSR count). The van der Waals surface area contributed by atoms with Gasteiger partial charge in [0, 0.05) is 5.97 Å². The maximum Gasteiger partial charge on any atom is 0.380 e. The number of hydroxylamine groups is 2. The predicted octanol–water partition coefficient (Wildman–Crippen LogP) is 2.51. The number of hydrogen-bond donors (Lipinski definition) is 1. The Bertz CT molecular complexity index is 809. The van der Waals surface area contributed by atoms with Gasteiger partial charge in [-0.25, -0.2) is 10.3 Å². The third-order valence-electron chi connectivity index (χ3n) is 6.27. The van der Waals surface area contributed by atoms with Crippen molar-refractivity contribution in [3.63, 3.8) is 0 Å². The molecule has 0 aromatic heterocycles. The molecule has 1 aliphatic heterocycles. The van der Waals surface area contributed by atoms with Crippen molar-refractivity contribution in [3.8, 4) is 5.97 Å². The molecular formula is C22H28BN3O5. The van der Waals surface area contributed by atoms with E-state index >= 15 is 0 Å².